The van der Waals surface area contributed by atoms with E-state index in [1.54, 1.807) is 23.0 Å². The predicted octanol–water partition coefficient (Wildman–Crippen LogP) is 2.10. The van der Waals surface area contributed by atoms with Crippen molar-refractivity contribution in [2.24, 2.45) is 0 Å². The van der Waals surface area contributed by atoms with Gasteiger partial charge in [0.05, 0.1) is 39.5 Å². The summed E-state index contributed by atoms with van der Waals surface area (Å²) in [6, 6.07) is 3.22. The molecule has 1 aromatic carbocycles. The number of benzene rings is 1. The number of carbonyl (C=O) groups excluding carboxylic acids is 1. The van der Waals surface area contributed by atoms with Crippen LogP contribution in [0.2, 0.25) is 0 Å². The van der Waals surface area contributed by atoms with Crippen molar-refractivity contribution in [2.75, 3.05) is 39.7 Å². The SMILES string of the molecule is CCCNc1ncnc2c1cnn2CCNC(=O)c1cc(OC)c(OC)c(OC)c1. The first-order valence-electron chi connectivity index (χ1n) is 9.61. The van der Waals surface area contributed by atoms with E-state index in [0.29, 0.717) is 41.5 Å². The lowest BCUT2D eigenvalue weighted by atomic mass is 10.1. The number of anilines is 1. The zero-order valence-electron chi connectivity index (χ0n) is 17.6. The van der Waals surface area contributed by atoms with Crippen LogP contribution in [0.15, 0.2) is 24.7 Å². The minimum Gasteiger partial charge on any atom is -0.493 e. The van der Waals surface area contributed by atoms with Crippen LogP contribution in [-0.4, -0.2) is 60.1 Å². The van der Waals surface area contributed by atoms with Gasteiger partial charge in [0, 0.05) is 18.7 Å². The summed E-state index contributed by atoms with van der Waals surface area (Å²) in [6.07, 6.45) is 4.23. The zero-order chi connectivity index (χ0) is 21.5. The number of nitrogens with zero attached hydrogens (tertiary/aromatic N) is 4. The average molecular weight is 414 g/mol. The number of nitrogens with one attached hydrogen (secondary N) is 2. The number of rotatable bonds is 10. The van der Waals surface area contributed by atoms with Crippen LogP contribution in [0.4, 0.5) is 5.82 Å². The van der Waals surface area contributed by atoms with Crippen LogP contribution in [0.25, 0.3) is 11.0 Å². The maximum Gasteiger partial charge on any atom is 0.251 e. The fraction of sp³-hybridized carbons (Fsp3) is 0.400. The fourth-order valence-corrected chi connectivity index (χ4v) is 3.03. The molecule has 2 aromatic heterocycles. The molecule has 0 unspecified atom stereocenters. The van der Waals surface area contributed by atoms with Crippen molar-refractivity contribution in [3.63, 3.8) is 0 Å². The molecule has 0 bridgehead atoms. The van der Waals surface area contributed by atoms with E-state index in [1.165, 1.54) is 27.7 Å². The van der Waals surface area contributed by atoms with E-state index in [9.17, 15) is 4.79 Å². The molecule has 10 heteroatoms. The monoisotopic (exact) mass is 414 g/mol. The van der Waals surface area contributed by atoms with E-state index in [-0.39, 0.29) is 5.91 Å². The van der Waals surface area contributed by atoms with E-state index in [0.717, 1.165) is 24.2 Å². The van der Waals surface area contributed by atoms with E-state index in [1.807, 2.05) is 0 Å². The zero-order valence-corrected chi connectivity index (χ0v) is 17.6. The van der Waals surface area contributed by atoms with Crippen LogP contribution in [0.5, 0.6) is 17.2 Å². The number of ether oxygens (including phenoxy) is 3. The number of hydrogen-bond acceptors (Lipinski definition) is 8. The number of aromatic nitrogens is 4. The Labute approximate surface area is 174 Å². The van der Waals surface area contributed by atoms with Gasteiger partial charge < -0.3 is 24.8 Å². The Balaban J connectivity index is 1.69. The van der Waals surface area contributed by atoms with Gasteiger partial charge in [0.1, 0.15) is 12.1 Å². The van der Waals surface area contributed by atoms with Crippen molar-refractivity contribution >= 4 is 22.8 Å². The molecule has 0 fully saturated rings. The lowest BCUT2D eigenvalue weighted by Crippen LogP contribution is -2.27. The molecule has 0 aliphatic heterocycles. The highest BCUT2D eigenvalue weighted by atomic mass is 16.5. The lowest BCUT2D eigenvalue weighted by molar-refractivity contribution is 0.0951. The molecule has 0 saturated heterocycles. The molecule has 2 N–H and O–H groups in total. The van der Waals surface area contributed by atoms with Crippen LogP contribution >= 0.6 is 0 Å². The standard InChI is InChI=1S/C20H26N6O4/c1-5-6-21-18-14-11-25-26(19(14)24-12-23-18)8-7-22-20(27)13-9-15(28-2)17(30-4)16(10-13)29-3/h9-12H,5-8H2,1-4H3,(H,22,27)(H,21,23,24). The number of fused-ring (bicyclic) bond motifs is 1. The highest BCUT2D eigenvalue weighted by Gasteiger charge is 2.17. The number of carbonyl (C=O) groups is 1. The second kappa shape index (κ2) is 9.77. The third-order valence-corrected chi connectivity index (χ3v) is 4.51. The smallest absolute Gasteiger partial charge is 0.251 e. The van der Waals surface area contributed by atoms with E-state index in [4.69, 9.17) is 14.2 Å². The first-order chi connectivity index (χ1) is 14.6. The lowest BCUT2D eigenvalue weighted by Gasteiger charge is -2.14. The van der Waals surface area contributed by atoms with Gasteiger partial charge in [-0.05, 0) is 18.6 Å². The molecule has 0 spiro atoms. The van der Waals surface area contributed by atoms with Gasteiger partial charge in [-0.2, -0.15) is 5.10 Å². The van der Waals surface area contributed by atoms with Gasteiger partial charge in [-0.3, -0.25) is 4.79 Å². The largest absolute Gasteiger partial charge is 0.493 e. The minimum atomic E-state index is -0.259. The maximum atomic E-state index is 12.6. The average Bonchev–Trinajstić information content (AvgIpc) is 3.20. The Morgan fingerprint density at radius 2 is 1.80 bits per heavy atom. The molecule has 0 atom stereocenters. The van der Waals surface area contributed by atoms with E-state index in [2.05, 4.69) is 32.6 Å². The molecule has 0 saturated carbocycles. The van der Waals surface area contributed by atoms with Crippen molar-refractivity contribution in [1.29, 1.82) is 0 Å². The van der Waals surface area contributed by atoms with Crippen molar-refractivity contribution < 1.29 is 19.0 Å². The van der Waals surface area contributed by atoms with Crippen LogP contribution in [0, 0.1) is 0 Å². The highest BCUT2D eigenvalue weighted by Crippen LogP contribution is 2.38. The molecule has 2 heterocycles. The van der Waals surface area contributed by atoms with Gasteiger partial charge in [0.25, 0.3) is 5.91 Å². The molecule has 160 valence electrons. The molecular formula is C20H26N6O4. The third-order valence-electron chi connectivity index (χ3n) is 4.51. The molecular weight excluding hydrogens is 388 g/mol. The molecule has 10 nitrogen and oxygen atoms in total. The summed E-state index contributed by atoms with van der Waals surface area (Å²) < 4.78 is 17.6. The van der Waals surface area contributed by atoms with Crippen molar-refractivity contribution in [1.82, 2.24) is 25.1 Å². The summed E-state index contributed by atoms with van der Waals surface area (Å²) in [5, 5.41) is 11.4. The van der Waals surface area contributed by atoms with E-state index < -0.39 is 0 Å². The van der Waals surface area contributed by atoms with Crippen molar-refractivity contribution in [3.8, 4) is 17.2 Å². The van der Waals surface area contributed by atoms with Crippen molar-refractivity contribution in [3.05, 3.63) is 30.2 Å². The molecule has 0 radical (unpaired) electrons. The highest BCUT2D eigenvalue weighted by molar-refractivity contribution is 5.95. The number of hydrogen-bond donors (Lipinski definition) is 2. The Kier molecular flexibility index (Phi) is 6.89. The summed E-state index contributed by atoms with van der Waals surface area (Å²) >= 11 is 0. The van der Waals surface area contributed by atoms with Crippen LogP contribution < -0.4 is 24.8 Å². The topological polar surface area (TPSA) is 112 Å². The summed E-state index contributed by atoms with van der Waals surface area (Å²) in [4.78, 5) is 21.2. The Bertz CT molecular complexity index is 995. The summed E-state index contributed by atoms with van der Waals surface area (Å²) in [6.45, 7) is 3.74. The molecule has 3 rings (SSSR count). The fourth-order valence-electron chi connectivity index (χ4n) is 3.03. The van der Waals surface area contributed by atoms with Gasteiger partial charge in [0.15, 0.2) is 17.1 Å². The van der Waals surface area contributed by atoms with Gasteiger partial charge in [0.2, 0.25) is 5.75 Å². The second-order valence-corrected chi connectivity index (χ2v) is 6.42. The Hall–Kier alpha value is -3.56. The summed E-state index contributed by atoms with van der Waals surface area (Å²) in [5.74, 6) is 1.78. The quantitative estimate of drug-likeness (QED) is 0.519. The summed E-state index contributed by atoms with van der Waals surface area (Å²) in [7, 11) is 4.53. The first-order valence-corrected chi connectivity index (χ1v) is 9.61. The summed E-state index contributed by atoms with van der Waals surface area (Å²) in [5.41, 5.74) is 1.12. The van der Waals surface area contributed by atoms with Crippen molar-refractivity contribution in [2.45, 2.75) is 19.9 Å². The first kappa shape index (κ1) is 21.2. The third kappa shape index (κ3) is 4.37. The van der Waals surface area contributed by atoms with Gasteiger partial charge >= 0.3 is 0 Å². The molecule has 0 aliphatic carbocycles. The second-order valence-electron chi connectivity index (χ2n) is 6.42. The van der Waals surface area contributed by atoms with Gasteiger partial charge in [-0.25, -0.2) is 14.6 Å². The number of methoxy groups -OCH3 is 3. The van der Waals surface area contributed by atoms with Gasteiger partial charge in [-0.1, -0.05) is 6.92 Å². The van der Waals surface area contributed by atoms with Crippen LogP contribution in [0.1, 0.15) is 23.7 Å². The molecule has 3 aromatic rings. The minimum absolute atomic E-state index is 0.259. The predicted molar refractivity (Wildman–Crippen MR) is 113 cm³/mol. The molecule has 0 aliphatic rings. The Morgan fingerprint density at radius 3 is 2.43 bits per heavy atom. The maximum absolute atomic E-state index is 12.6. The Morgan fingerprint density at radius 1 is 1.07 bits per heavy atom. The number of amides is 1. The molecule has 30 heavy (non-hydrogen) atoms. The van der Waals surface area contributed by atoms with Crippen LogP contribution in [-0.2, 0) is 6.54 Å². The molecule has 1 amide bonds. The normalized spacial score (nSPS) is 10.7. The van der Waals surface area contributed by atoms with Gasteiger partial charge in [-0.15, -0.1) is 0 Å². The van der Waals surface area contributed by atoms with Crippen LogP contribution in [0.3, 0.4) is 0 Å². The van der Waals surface area contributed by atoms with E-state index >= 15 is 0 Å².